The lowest BCUT2D eigenvalue weighted by Gasteiger charge is -2.37. The highest BCUT2D eigenvalue weighted by molar-refractivity contribution is 7.81. The molecule has 148 valence electrons. The van der Waals surface area contributed by atoms with Gasteiger partial charge >= 0.3 is 20.8 Å². The average molecular weight is 434 g/mol. The maximum absolute atomic E-state index is 11.1. The molecule has 8 nitrogen and oxygen atoms in total. The van der Waals surface area contributed by atoms with E-state index < -0.39 is 47.1 Å². The van der Waals surface area contributed by atoms with Crippen molar-refractivity contribution in [2.45, 2.75) is 12.1 Å². The highest BCUT2D eigenvalue weighted by atomic mass is 32.3. The van der Waals surface area contributed by atoms with Crippen LogP contribution in [-0.2, 0) is 29.2 Å². The quantitative estimate of drug-likeness (QED) is 0.449. The van der Waals surface area contributed by atoms with Crippen molar-refractivity contribution in [2.24, 2.45) is 0 Å². The fourth-order valence-electron chi connectivity index (χ4n) is 2.50. The first-order chi connectivity index (χ1) is 12.5. The third-order valence-electron chi connectivity index (χ3n) is 3.61. The fraction of sp³-hybridized carbons (Fsp3) is 0.250. The maximum Gasteiger partial charge on any atom is 0.397 e. The van der Waals surface area contributed by atoms with Crippen LogP contribution in [0, 0.1) is 0 Å². The summed E-state index contributed by atoms with van der Waals surface area (Å²) in [5.41, 5.74) is 0. The molecule has 0 aliphatic heterocycles. The first-order valence-electron chi connectivity index (χ1n) is 7.64. The van der Waals surface area contributed by atoms with E-state index >= 15 is 0 Å². The van der Waals surface area contributed by atoms with Gasteiger partial charge in [0.1, 0.15) is 0 Å². The van der Waals surface area contributed by atoms with Gasteiger partial charge in [0, 0.05) is 5.16 Å². The lowest BCUT2D eigenvalue weighted by Crippen LogP contribution is -2.42. The lowest BCUT2D eigenvalue weighted by molar-refractivity contribution is 0.186. The molecule has 2 rings (SSSR count). The van der Waals surface area contributed by atoms with Crippen LogP contribution < -0.4 is 10.6 Å². The molecule has 0 bridgehead atoms. The van der Waals surface area contributed by atoms with Crippen LogP contribution in [0.15, 0.2) is 60.7 Å². The summed E-state index contributed by atoms with van der Waals surface area (Å²) in [6, 6.07) is 18.1. The van der Waals surface area contributed by atoms with Crippen LogP contribution in [-0.4, -0.2) is 44.3 Å². The smallest absolute Gasteiger partial charge is 0.264 e. The minimum absolute atomic E-state index is 0.559. The zero-order valence-electron chi connectivity index (χ0n) is 14.3. The Bertz CT molecular complexity index is 871. The topological polar surface area (TPSA) is 127 Å². The summed E-state index contributed by atoms with van der Waals surface area (Å²) in [5, 5.41) is 0.391. The Kier molecular flexibility index (Phi) is 7.09. The molecule has 0 heterocycles. The summed E-state index contributed by atoms with van der Waals surface area (Å²) in [6.45, 7) is 0.447. The second kappa shape index (κ2) is 8.74. The van der Waals surface area contributed by atoms with Crippen LogP contribution in [0.25, 0.3) is 0 Å². The molecule has 2 aromatic carbocycles. The van der Waals surface area contributed by atoms with Crippen LogP contribution in [0.4, 0.5) is 0 Å². The van der Waals surface area contributed by atoms with Crippen molar-refractivity contribution in [1.82, 2.24) is 0 Å². The largest absolute Gasteiger partial charge is 0.397 e. The predicted molar refractivity (Wildman–Crippen MR) is 102 cm³/mol. The van der Waals surface area contributed by atoms with Gasteiger partial charge in [0.15, 0.2) is 0 Å². The molecule has 27 heavy (non-hydrogen) atoms. The summed E-state index contributed by atoms with van der Waals surface area (Å²) < 4.78 is 71.5. The first-order valence-corrected chi connectivity index (χ1v) is 11.7. The SMILES string of the molecule is CC(COS(=O)(=O)O)(COS(=O)(=O)O)P(c1ccccc1)c1ccccc1. The van der Waals surface area contributed by atoms with Gasteiger partial charge in [0.2, 0.25) is 0 Å². The number of benzene rings is 2. The number of hydrogen-bond donors (Lipinski definition) is 2. The van der Waals surface area contributed by atoms with E-state index in [0.29, 0.717) is 0 Å². The van der Waals surface area contributed by atoms with E-state index in [1.807, 2.05) is 36.4 Å². The Hall–Kier alpha value is -1.39. The van der Waals surface area contributed by atoms with E-state index in [1.54, 1.807) is 31.2 Å². The summed E-state index contributed by atoms with van der Waals surface area (Å²) >= 11 is 0. The third-order valence-corrected chi connectivity index (χ3v) is 7.40. The monoisotopic (exact) mass is 434 g/mol. The standard InChI is InChI=1S/C16H19O8PS2/c1-16(12-23-26(17,18)19,13-24-27(20,21)22)25(14-8-4-2-5-9-14)15-10-6-3-7-11-15/h2-11H,12-13H2,1H3,(H,17,18,19)(H,20,21,22). The zero-order valence-corrected chi connectivity index (χ0v) is 16.8. The van der Waals surface area contributed by atoms with Crippen LogP contribution in [0.5, 0.6) is 0 Å². The Balaban J connectivity index is 2.54. The van der Waals surface area contributed by atoms with Crippen LogP contribution in [0.1, 0.15) is 6.92 Å². The molecule has 0 atom stereocenters. The molecule has 0 aliphatic carbocycles. The molecular formula is C16H19O8PS2. The van der Waals surface area contributed by atoms with Crippen molar-refractivity contribution in [2.75, 3.05) is 13.2 Å². The van der Waals surface area contributed by atoms with E-state index in [9.17, 15) is 16.8 Å². The van der Waals surface area contributed by atoms with E-state index in [1.165, 1.54) is 0 Å². The van der Waals surface area contributed by atoms with Crippen molar-refractivity contribution in [3.8, 4) is 0 Å². The fourth-order valence-corrected chi connectivity index (χ4v) is 6.37. The van der Waals surface area contributed by atoms with Crippen molar-refractivity contribution in [1.29, 1.82) is 0 Å². The Labute approximate surface area is 159 Å². The number of hydrogen-bond acceptors (Lipinski definition) is 6. The van der Waals surface area contributed by atoms with Gasteiger partial charge in [-0.05, 0) is 18.5 Å². The summed E-state index contributed by atoms with van der Waals surface area (Å²) in [6.07, 6.45) is 0. The normalized spacial score (nSPS) is 13.0. The van der Waals surface area contributed by atoms with Crippen molar-refractivity contribution < 1.29 is 34.3 Å². The van der Waals surface area contributed by atoms with Gasteiger partial charge < -0.3 is 0 Å². The van der Waals surface area contributed by atoms with Crippen LogP contribution in [0.2, 0.25) is 0 Å². The second-order valence-corrected chi connectivity index (χ2v) is 10.8. The minimum Gasteiger partial charge on any atom is -0.264 e. The molecule has 0 saturated heterocycles. The highest BCUT2D eigenvalue weighted by Crippen LogP contribution is 2.48. The second-order valence-electron chi connectivity index (χ2n) is 5.88. The molecule has 2 N–H and O–H groups in total. The van der Waals surface area contributed by atoms with Gasteiger partial charge in [-0.15, -0.1) is 0 Å². The predicted octanol–water partition coefficient (Wildman–Crippen LogP) is 1.52. The van der Waals surface area contributed by atoms with Gasteiger partial charge in [-0.1, -0.05) is 67.6 Å². The number of rotatable bonds is 9. The molecule has 2 aromatic rings. The molecule has 0 aromatic heterocycles. The molecule has 0 radical (unpaired) electrons. The van der Waals surface area contributed by atoms with Crippen molar-refractivity contribution in [3.63, 3.8) is 0 Å². The van der Waals surface area contributed by atoms with Gasteiger partial charge in [-0.25, -0.2) is 8.37 Å². The summed E-state index contributed by atoms with van der Waals surface area (Å²) in [4.78, 5) is 0. The average Bonchev–Trinajstić information content (AvgIpc) is 2.59. The highest BCUT2D eigenvalue weighted by Gasteiger charge is 2.39. The summed E-state index contributed by atoms with van der Waals surface area (Å²) in [5.74, 6) is 0. The summed E-state index contributed by atoms with van der Waals surface area (Å²) in [7, 11) is -10.9. The Morgan fingerprint density at radius 2 is 1.11 bits per heavy atom. The molecule has 0 spiro atoms. The zero-order chi connectivity index (χ0) is 20.1. The van der Waals surface area contributed by atoms with E-state index in [4.69, 9.17) is 9.11 Å². The molecule has 0 fully saturated rings. The van der Waals surface area contributed by atoms with Gasteiger partial charge in [0.25, 0.3) is 0 Å². The van der Waals surface area contributed by atoms with Crippen molar-refractivity contribution >= 4 is 39.3 Å². The van der Waals surface area contributed by atoms with Crippen LogP contribution >= 0.6 is 7.92 Å². The lowest BCUT2D eigenvalue weighted by atomic mass is 10.2. The van der Waals surface area contributed by atoms with Gasteiger partial charge in [-0.2, -0.15) is 16.8 Å². The molecule has 0 unspecified atom stereocenters. The Morgan fingerprint density at radius 1 is 0.778 bits per heavy atom. The van der Waals surface area contributed by atoms with Crippen LogP contribution in [0.3, 0.4) is 0 Å². The minimum atomic E-state index is -4.77. The maximum atomic E-state index is 11.1. The van der Waals surface area contributed by atoms with Gasteiger partial charge in [-0.3, -0.25) is 9.11 Å². The third kappa shape index (κ3) is 6.93. The van der Waals surface area contributed by atoms with E-state index in [0.717, 1.165) is 10.6 Å². The van der Waals surface area contributed by atoms with Gasteiger partial charge in [0.05, 0.1) is 13.2 Å². The van der Waals surface area contributed by atoms with E-state index in [2.05, 4.69) is 8.37 Å². The first kappa shape index (κ1) is 21.9. The molecule has 0 aliphatic rings. The Morgan fingerprint density at radius 3 is 1.41 bits per heavy atom. The molecule has 0 saturated carbocycles. The molecular weight excluding hydrogens is 415 g/mol. The van der Waals surface area contributed by atoms with E-state index in [-0.39, 0.29) is 0 Å². The molecule has 11 heteroatoms. The van der Waals surface area contributed by atoms with Crippen molar-refractivity contribution in [3.05, 3.63) is 60.7 Å². The molecule has 0 amide bonds.